The first-order chi connectivity index (χ1) is 12.5. The Hall–Kier alpha value is -2.34. The number of alkyl halides is 3. The van der Waals surface area contributed by atoms with Crippen LogP contribution in [0.5, 0.6) is 0 Å². The summed E-state index contributed by atoms with van der Waals surface area (Å²) >= 11 is 0.902. The van der Waals surface area contributed by atoms with Crippen LogP contribution >= 0.6 is 11.8 Å². The van der Waals surface area contributed by atoms with E-state index in [9.17, 15) is 23.2 Å². The van der Waals surface area contributed by atoms with E-state index in [-0.39, 0.29) is 16.5 Å². The quantitative estimate of drug-likeness (QED) is 0.606. The van der Waals surface area contributed by atoms with Gasteiger partial charge in [-0.1, -0.05) is 43.8 Å². The second-order valence-electron chi connectivity index (χ2n) is 6.59. The lowest BCUT2D eigenvalue weighted by Gasteiger charge is -2.28. The van der Waals surface area contributed by atoms with Gasteiger partial charge in [0.2, 0.25) is 11.7 Å². The van der Waals surface area contributed by atoms with Crippen molar-refractivity contribution in [2.45, 2.75) is 49.7 Å². The van der Waals surface area contributed by atoms with Gasteiger partial charge < -0.3 is 5.32 Å². The summed E-state index contributed by atoms with van der Waals surface area (Å²) in [7, 11) is 0. The summed E-state index contributed by atoms with van der Waals surface area (Å²) in [6.07, 6.45) is -4.69. The number of benzene rings is 1. The van der Waals surface area contributed by atoms with E-state index < -0.39 is 28.7 Å². The van der Waals surface area contributed by atoms with E-state index in [2.05, 4.69) is 21.4 Å². The van der Waals surface area contributed by atoms with E-state index in [0.29, 0.717) is 5.39 Å². The molecule has 1 aromatic heterocycles. The topological polar surface area (TPSA) is 78.7 Å². The molecule has 144 valence electrons. The zero-order valence-electron chi connectivity index (χ0n) is 15.3. The molecule has 2 aromatic rings. The first-order valence-electron chi connectivity index (χ1n) is 8.22. The van der Waals surface area contributed by atoms with Crippen LogP contribution in [0.25, 0.3) is 10.9 Å². The van der Waals surface area contributed by atoms with E-state index in [0.717, 1.165) is 11.8 Å². The number of hydrogen-bond acceptors (Lipinski definition) is 5. The number of nitriles is 1. The van der Waals surface area contributed by atoms with Gasteiger partial charge in [0.15, 0.2) is 0 Å². The predicted octanol–water partition coefficient (Wildman–Crippen LogP) is 4.18. The van der Waals surface area contributed by atoms with E-state index in [4.69, 9.17) is 0 Å². The average Bonchev–Trinajstić information content (AvgIpc) is 2.60. The van der Waals surface area contributed by atoms with Crippen molar-refractivity contribution in [1.82, 2.24) is 15.3 Å². The number of rotatable bonds is 5. The molecule has 2 rings (SSSR count). The zero-order valence-corrected chi connectivity index (χ0v) is 16.1. The van der Waals surface area contributed by atoms with Gasteiger partial charge in [0.25, 0.3) is 0 Å². The third-order valence-corrected chi connectivity index (χ3v) is 5.35. The molecule has 0 aliphatic heterocycles. The maximum atomic E-state index is 13.1. The fourth-order valence-electron chi connectivity index (χ4n) is 2.14. The lowest BCUT2D eigenvalue weighted by atomic mass is 9.90. The molecule has 2 atom stereocenters. The fraction of sp³-hybridized carbons (Fsp3) is 0.444. The van der Waals surface area contributed by atoms with E-state index >= 15 is 0 Å². The van der Waals surface area contributed by atoms with Crippen LogP contribution in [0.15, 0.2) is 29.3 Å². The number of amides is 1. The number of fused-ring (bicyclic) bond motifs is 1. The Bertz CT molecular complexity index is 894. The van der Waals surface area contributed by atoms with Gasteiger partial charge in [-0.05, 0) is 25.8 Å². The Labute approximate surface area is 159 Å². The molecule has 0 spiro atoms. The number of carbonyl (C=O) groups is 1. The molecule has 0 saturated heterocycles. The highest BCUT2D eigenvalue weighted by Crippen LogP contribution is 2.33. The Balaban J connectivity index is 2.35. The molecule has 0 aliphatic rings. The van der Waals surface area contributed by atoms with Gasteiger partial charge in [-0.25, -0.2) is 9.97 Å². The SMILES string of the molecule is CC(Sc1nc(C(F)(F)F)nc2ccccc12)C(=O)NC(C)(C#N)C(C)C. The predicted molar refractivity (Wildman–Crippen MR) is 96.9 cm³/mol. The van der Waals surface area contributed by atoms with Gasteiger partial charge in [0.05, 0.1) is 16.8 Å². The number of nitrogens with one attached hydrogen (secondary N) is 1. The van der Waals surface area contributed by atoms with Crippen molar-refractivity contribution in [3.05, 3.63) is 30.1 Å². The Morgan fingerprint density at radius 3 is 2.41 bits per heavy atom. The van der Waals surface area contributed by atoms with Crippen LogP contribution in [0.2, 0.25) is 0 Å². The van der Waals surface area contributed by atoms with Gasteiger partial charge in [-0.15, -0.1) is 0 Å². The molecule has 27 heavy (non-hydrogen) atoms. The number of carbonyl (C=O) groups excluding carboxylic acids is 1. The van der Waals surface area contributed by atoms with Crippen LogP contribution in [0.3, 0.4) is 0 Å². The van der Waals surface area contributed by atoms with Crippen molar-refractivity contribution >= 4 is 28.6 Å². The van der Waals surface area contributed by atoms with Crippen LogP contribution in [0, 0.1) is 17.2 Å². The second-order valence-corrected chi connectivity index (χ2v) is 7.91. The van der Waals surface area contributed by atoms with E-state index in [1.165, 1.54) is 6.07 Å². The van der Waals surface area contributed by atoms with E-state index in [1.807, 2.05) is 0 Å². The Kier molecular flexibility index (Phi) is 6.00. The van der Waals surface area contributed by atoms with Crippen LogP contribution in [-0.2, 0) is 11.0 Å². The molecule has 0 bridgehead atoms. The van der Waals surface area contributed by atoms with Crippen LogP contribution < -0.4 is 5.32 Å². The lowest BCUT2D eigenvalue weighted by Crippen LogP contribution is -2.51. The van der Waals surface area contributed by atoms with Crippen molar-refractivity contribution in [2.75, 3.05) is 0 Å². The van der Waals surface area contributed by atoms with Gasteiger partial charge in [-0.3, -0.25) is 4.79 Å². The molecule has 0 aliphatic carbocycles. The highest BCUT2D eigenvalue weighted by atomic mass is 32.2. The van der Waals surface area contributed by atoms with Gasteiger partial charge in [0.1, 0.15) is 10.6 Å². The second kappa shape index (κ2) is 7.72. The van der Waals surface area contributed by atoms with Crippen molar-refractivity contribution in [2.24, 2.45) is 5.92 Å². The number of thioether (sulfide) groups is 1. The molecular formula is C18H19F3N4OS. The lowest BCUT2D eigenvalue weighted by molar-refractivity contribution is -0.145. The highest BCUT2D eigenvalue weighted by molar-refractivity contribution is 8.00. The summed E-state index contributed by atoms with van der Waals surface area (Å²) in [6.45, 7) is 6.76. The Morgan fingerprint density at radius 2 is 1.85 bits per heavy atom. The maximum absolute atomic E-state index is 13.1. The number of aromatic nitrogens is 2. The minimum atomic E-state index is -4.69. The van der Waals surface area contributed by atoms with Gasteiger partial charge in [0, 0.05) is 5.39 Å². The van der Waals surface area contributed by atoms with Gasteiger partial charge >= 0.3 is 6.18 Å². The number of halogens is 3. The number of hydrogen-bond donors (Lipinski definition) is 1. The minimum Gasteiger partial charge on any atom is -0.337 e. The third-order valence-electron chi connectivity index (χ3n) is 4.25. The Morgan fingerprint density at radius 1 is 1.22 bits per heavy atom. The van der Waals surface area contributed by atoms with Crippen molar-refractivity contribution in [1.29, 1.82) is 5.26 Å². The molecule has 0 saturated carbocycles. The van der Waals surface area contributed by atoms with Crippen molar-refractivity contribution < 1.29 is 18.0 Å². The first kappa shape index (κ1) is 21.0. The van der Waals surface area contributed by atoms with E-state index in [1.54, 1.807) is 45.9 Å². The molecule has 5 nitrogen and oxygen atoms in total. The fourth-order valence-corrected chi connectivity index (χ4v) is 3.08. The molecule has 1 aromatic carbocycles. The van der Waals surface area contributed by atoms with Crippen molar-refractivity contribution in [3.8, 4) is 6.07 Å². The monoisotopic (exact) mass is 396 g/mol. The first-order valence-corrected chi connectivity index (χ1v) is 9.10. The molecule has 9 heteroatoms. The highest BCUT2D eigenvalue weighted by Gasteiger charge is 2.36. The molecule has 0 radical (unpaired) electrons. The molecule has 1 N–H and O–H groups in total. The van der Waals surface area contributed by atoms with Gasteiger partial charge in [-0.2, -0.15) is 18.4 Å². The van der Waals surface area contributed by atoms with Crippen LogP contribution in [-0.4, -0.2) is 26.7 Å². The summed E-state index contributed by atoms with van der Waals surface area (Å²) in [4.78, 5) is 19.7. The number of para-hydroxylation sites is 1. The molecule has 1 heterocycles. The minimum absolute atomic E-state index is 0.0683. The smallest absolute Gasteiger partial charge is 0.337 e. The summed E-state index contributed by atoms with van der Waals surface area (Å²) in [5.74, 6) is -1.84. The summed E-state index contributed by atoms with van der Waals surface area (Å²) in [5.41, 5.74) is -0.921. The number of nitrogens with zero attached hydrogens (tertiary/aromatic N) is 3. The summed E-state index contributed by atoms with van der Waals surface area (Å²) < 4.78 is 39.3. The molecule has 1 amide bonds. The summed E-state index contributed by atoms with van der Waals surface area (Å²) in [5, 5.41) is 11.7. The normalized spacial score (nSPS) is 15.2. The average molecular weight is 396 g/mol. The zero-order chi connectivity index (χ0) is 20.4. The third kappa shape index (κ3) is 4.69. The van der Waals surface area contributed by atoms with Crippen LogP contribution in [0.1, 0.15) is 33.5 Å². The molecule has 0 fully saturated rings. The maximum Gasteiger partial charge on any atom is 0.451 e. The van der Waals surface area contributed by atoms with Crippen molar-refractivity contribution in [3.63, 3.8) is 0 Å². The molecular weight excluding hydrogens is 377 g/mol. The standard InChI is InChI=1S/C18H19F3N4OS/c1-10(2)17(4,9-22)25-14(26)11(3)27-15-12-7-5-6-8-13(12)23-16(24-15)18(19,20)21/h5-8,10-11H,1-4H3,(H,25,26). The largest absolute Gasteiger partial charge is 0.451 e. The molecule has 2 unspecified atom stereocenters. The van der Waals surface area contributed by atoms with Crippen LogP contribution in [0.4, 0.5) is 13.2 Å². The summed E-state index contributed by atoms with van der Waals surface area (Å²) in [6, 6.07) is 8.39.